The largest absolute Gasteiger partial charge is 0.497 e. The molecule has 1 atom stereocenters. The first-order valence-electron chi connectivity index (χ1n) is 10.0. The smallest absolute Gasteiger partial charge is 0.326 e. The summed E-state index contributed by atoms with van der Waals surface area (Å²) in [4.78, 5) is 27.0. The van der Waals surface area contributed by atoms with Gasteiger partial charge in [0.1, 0.15) is 11.8 Å². The van der Waals surface area contributed by atoms with Crippen LogP contribution in [0.2, 0.25) is 0 Å². The number of anilines is 1. The van der Waals surface area contributed by atoms with Crippen molar-refractivity contribution in [1.82, 2.24) is 4.31 Å². The van der Waals surface area contributed by atoms with Crippen molar-refractivity contribution in [3.05, 3.63) is 65.7 Å². The van der Waals surface area contributed by atoms with Crippen molar-refractivity contribution in [2.24, 2.45) is 0 Å². The molecule has 0 aromatic heterocycles. The van der Waals surface area contributed by atoms with Gasteiger partial charge in [-0.3, -0.25) is 9.59 Å². The zero-order valence-electron chi connectivity index (χ0n) is 18.4. The van der Waals surface area contributed by atoms with Crippen LogP contribution in [0.15, 0.2) is 59.5 Å². The standard InChI is InChI=1S/C23H26N2O6S/c1-5-6-22(26)24-15-21(23(27)31-4)25(14-17-13-16(2)7-12-20(17)24)32(28,29)19-10-8-18(30-3)9-11-19/h5-13,21H,14-15H2,1-4H3/b6-5+. The highest BCUT2D eigenvalue weighted by atomic mass is 32.2. The third-order valence-electron chi connectivity index (χ3n) is 5.27. The zero-order valence-corrected chi connectivity index (χ0v) is 19.3. The molecule has 8 nitrogen and oxygen atoms in total. The Kier molecular flexibility index (Phi) is 7.00. The number of carbonyl (C=O) groups excluding carboxylic acids is 2. The van der Waals surface area contributed by atoms with E-state index in [1.807, 2.05) is 19.1 Å². The predicted molar refractivity (Wildman–Crippen MR) is 120 cm³/mol. The summed E-state index contributed by atoms with van der Waals surface area (Å²) >= 11 is 0. The van der Waals surface area contributed by atoms with Crippen LogP contribution in [0, 0.1) is 6.92 Å². The van der Waals surface area contributed by atoms with Gasteiger partial charge < -0.3 is 14.4 Å². The Bertz CT molecular complexity index is 1140. The molecule has 0 fully saturated rings. The Morgan fingerprint density at radius 2 is 1.78 bits per heavy atom. The van der Waals surface area contributed by atoms with Gasteiger partial charge in [-0.25, -0.2) is 8.42 Å². The molecule has 1 aliphatic heterocycles. The summed E-state index contributed by atoms with van der Waals surface area (Å²) in [5.74, 6) is -0.589. The summed E-state index contributed by atoms with van der Waals surface area (Å²) < 4.78 is 38.4. The highest BCUT2D eigenvalue weighted by Gasteiger charge is 2.41. The fourth-order valence-corrected chi connectivity index (χ4v) is 5.20. The van der Waals surface area contributed by atoms with E-state index in [2.05, 4.69) is 0 Å². The van der Waals surface area contributed by atoms with Gasteiger partial charge in [0.25, 0.3) is 5.91 Å². The molecule has 3 rings (SSSR count). The lowest BCUT2D eigenvalue weighted by molar-refractivity contribution is -0.144. The Labute approximate surface area is 188 Å². The van der Waals surface area contributed by atoms with E-state index in [0.29, 0.717) is 17.0 Å². The molecule has 0 aliphatic carbocycles. The summed E-state index contributed by atoms with van der Waals surface area (Å²) in [6.07, 6.45) is 2.98. The van der Waals surface area contributed by atoms with Crippen LogP contribution >= 0.6 is 0 Å². The predicted octanol–water partition coefficient (Wildman–Crippen LogP) is 2.66. The van der Waals surface area contributed by atoms with Crippen LogP contribution in [0.3, 0.4) is 0 Å². The average molecular weight is 459 g/mol. The van der Waals surface area contributed by atoms with Gasteiger partial charge >= 0.3 is 5.97 Å². The van der Waals surface area contributed by atoms with E-state index in [9.17, 15) is 18.0 Å². The molecule has 9 heteroatoms. The lowest BCUT2D eigenvalue weighted by Gasteiger charge is -2.29. The lowest BCUT2D eigenvalue weighted by atomic mass is 10.1. The molecule has 0 N–H and O–H groups in total. The highest BCUT2D eigenvalue weighted by molar-refractivity contribution is 7.89. The van der Waals surface area contributed by atoms with Gasteiger partial charge in [0.2, 0.25) is 10.0 Å². The molecule has 0 saturated carbocycles. The van der Waals surface area contributed by atoms with E-state index in [1.165, 1.54) is 49.5 Å². The first-order valence-corrected chi connectivity index (χ1v) is 11.4. The molecule has 0 spiro atoms. The Balaban J connectivity index is 2.17. The first-order chi connectivity index (χ1) is 15.2. The number of fused-ring (bicyclic) bond motifs is 1. The van der Waals surface area contributed by atoms with Crippen molar-refractivity contribution >= 4 is 27.6 Å². The van der Waals surface area contributed by atoms with Crippen molar-refractivity contribution < 1.29 is 27.5 Å². The molecule has 32 heavy (non-hydrogen) atoms. The van der Waals surface area contributed by atoms with Crippen molar-refractivity contribution in [2.75, 3.05) is 25.7 Å². The van der Waals surface area contributed by atoms with Crippen molar-refractivity contribution in [3.63, 3.8) is 0 Å². The molecular formula is C23H26N2O6S. The summed E-state index contributed by atoms with van der Waals surface area (Å²) in [5.41, 5.74) is 2.08. The number of hydrogen-bond donors (Lipinski definition) is 0. The number of hydrogen-bond acceptors (Lipinski definition) is 6. The maximum atomic E-state index is 13.6. The van der Waals surface area contributed by atoms with Gasteiger partial charge in [-0.1, -0.05) is 23.8 Å². The summed E-state index contributed by atoms with van der Waals surface area (Å²) in [5, 5.41) is 0. The fourth-order valence-electron chi connectivity index (χ4n) is 3.65. The SMILES string of the molecule is C/C=C/C(=O)N1CC(C(=O)OC)N(S(=O)(=O)c2ccc(OC)cc2)Cc2cc(C)ccc21. The molecule has 170 valence electrons. The van der Waals surface area contributed by atoms with E-state index in [0.717, 1.165) is 9.87 Å². The average Bonchev–Trinajstić information content (AvgIpc) is 2.96. The minimum absolute atomic E-state index is 0.00892. The van der Waals surface area contributed by atoms with Crippen LogP contribution < -0.4 is 9.64 Å². The Hall–Kier alpha value is -3.17. The number of aryl methyl sites for hydroxylation is 1. The van der Waals surface area contributed by atoms with Gasteiger partial charge in [-0.05, 0) is 55.8 Å². The summed E-state index contributed by atoms with van der Waals surface area (Å²) in [7, 11) is -1.43. The van der Waals surface area contributed by atoms with Crippen LogP contribution in [0.5, 0.6) is 5.75 Å². The highest BCUT2D eigenvalue weighted by Crippen LogP contribution is 2.32. The number of benzene rings is 2. The zero-order chi connectivity index (χ0) is 23.5. The second-order valence-corrected chi connectivity index (χ2v) is 9.24. The number of ether oxygens (including phenoxy) is 2. The van der Waals surface area contributed by atoms with E-state index < -0.39 is 22.0 Å². The van der Waals surface area contributed by atoms with Crippen molar-refractivity contribution in [2.45, 2.75) is 31.3 Å². The minimum Gasteiger partial charge on any atom is -0.497 e. The molecule has 0 radical (unpaired) electrons. The molecule has 2 aromatic carbocycles. The Morgan fingerprint density at radius 3 is 2.38 bits per heavy atom. The van der Waals surface area contributed by atoms with Gasteiger partial charge in [-0.15, -0.1) is 0 Å². The summed E-state index contributed by atoms with van der Waals surface area (Å²) in [6, 6.07) is 10.1. The number of sulfonamides is 1. The van der Waals surface area contributed by atoms with Crippen molar-refractivity contribution in [3.8, 4) is 5.75 Å². The van der Waals surface area contributed by atoms with Crippen LogP contribution in [0.4, 0.5) is 5.69 Å². The molecule has 1 heterocycles. The molecule has 0 saturated heterocycles. The second-order valence-electron chi connectivity index (χ2n) is 7.35. The fraction of sp³-hybridized carbons (Fsp3) is 0.304. The van der Waals surface area contributed by atoms with Gasteiger partial charge in [0, 0.05) is 12.2 Å². The molecular weight excluding hydrogens is 432 g/mol. The summed E-state index contributed by atoms with van der Waals surface area (Å²) in [6.45, 7) is 3.32. The van der Waals surface area contributed by atoms with E-state index in [1.54, 1.807) is 19.1 Å². The van der Waals surface area contributed by atoms with Gasteiger partial charge in [0.15, 0.2) is 0 Å². The topological polar surface area (TPSA) is 93.2 Å². The second kappa shape index (κ2) is 9.54. The number of nitrogens with zero attached hydrogens (tertiary/aromatic N) is 2. The van der Waals surface area contributed by atoms with Crippen LogP contribution in [0.25, 0.3) is 0 Å². The monoisotopic (exact) mass is 458 g/mol. The third kappa shape index (κ3) is 4.53. The molecule has 2 aromatic rings. The number of allylic oxidation sites excluding steroid dienone is 1. The first kappa shape index (κ1) is 23.5. The lowest BCUT2D eigenvalue weighted by Crippen LogP contribution is -2.50. The van der Waals surface area contributed by atoms with Crippen molar-refractivity contribution in [1.29, 1.82) is 0 Å². The number of rotatable bonds is 5. The third-order valence-corrected chi connectivity index (χ3v) is 7.14. The molecule has 0 bridgehead atoms. The normalized spacial score (nSPS) is 17.0. The number of esters is 1. The molecule has 1 unspecified atom stereocenters. The molecule has 1 aliphatic rings. The minimum atomic E-state index is -4.11. The van der Waals surface area contributed by atoms with Crippen LogP contribution in [0.1, 0.15) is 18.1 Å². The van der Waals surface area contributed by atoms with Crippen LogP contribution in [-0.4, -0.2) is 51.4 Å². The quantitative estimate of drug-likeness (QED) is 0.505. The van der Waals surface area contributed by atoms with E-state index in [4.69, 9.17) is 9.47 Å². The van der Waals surface area contributed by atoms with E-state index >= 15 is 0 Å². The van der Waals surface area contributed by atoms with Crippen LogP contribution in [-0.2, 0) is 30.9 Å². The molecule has 1 amide bonds. The maximum absolute atomic E-state index is 13.6. The van der Waals surface area contributed by atoms with E-state index in [-0.39, 0.29) is 23.9 Å². The maximum Gasteiger partial charge on any atom is 0.326 e. The number of amides is 1. The number of methoxy groups -OCH3 is 2. The Morgan fingerprint density at radius 1 is 1.09 bits per heavy atom. The van der Waals surface area contributed by atoms with Gasteiger partial charge in [0.05, 0.1) is 25.7 Å². The number of carbonyl (C=O) groups is 2. The van der Waals surface area contributed by atoms with Gasteiger partial charge in [-0.2, -0.15) is 4.31 Å².